The number of hydrogen-bond acceptors (Lipinski definition) is 7. The van der Waals surface area contributed by atoms with Crippen molar-refractivity contribution in [3.05, 3.63) is 36.0 Å². The molecule has 13 heteroatoms. The molecule has 1 aliphatic rings. The number of benzene rings is 1. The first kappa shape index (κ1) is 24.7. The number of aromatic nitrogens is 2. The third kappa shape index (κ3) is 5.19. The molecular weight excluding hydrogens is 461 g/mol. The molecule has 0 aliphatic heterocycles. The van der Waals surface area contributed by atoms with Crippen molar-refractivity contribution in [3.8, 4) is 0 Å². The molecule has 1 saturated carbocycles. The Morgan fingerprint density at radius 1 is 1.30 bits per heavy atom. The van der Waals surface area contributed by atoms with E-state index >= 15 is 0 Å². The number of rotatable bonds is 8. The lowest BCUT2D eigenvalue weighted by atomic mass is 9.82. The first-order valence-corrected chi connectivity index (χ1v) is 11.8. The molecular formula is C20H25F3N6O3S. The standard InChI is InChI=1S/C20H25F3N6O3S/c1-2-26-14-5-8-17(12(9-14)10-24)29-11-16(18(25)30)19(28-29)27-13-3-6-15(7-4-13)33(31,32)20(21,22)23/h3-4,6-7,10-12,14,17,24,26H,2,5,8-9H2,1H3,(H2,25,30)(H,27,28). The number of nitrogens with zero attached hydrogens (tertiary/aromatic N) is 2. The molecule has 1 aliphatic carbocycles. The number of primary amides is 1. The van der Waals surface area contributed by atoms with Crippen LogP contribution in [0.5, 0.6) is 0 Å². The van der Waals surface area contributed by atoms with Gasteiger partial charge in [0.2, 0.25) is 0 Å². The van der Waals surface area contributed by atoms with Crippen LogP contribution in [-0.2, 0) is 9.84 Å². The molecule has 3 rings (SSSR count). The Balaban J connectivity index is 1.85. The van der Waals surface area contributed by atoms with Gasteiger partial charge in [-0.05, 0) is 50.1 Å². The normalized spacial score (nSPS) is 21.5. The quantitative estimate of drug-likeness (QED) is 0.423. The smallest absolute Gasteiger partial charge is 0.365 e. The maximum atomic E-state index is 12.7. The number of alkyl halides is 3. The lowest BCUT2D eigenvalue weighted by Gasteiger charge is -2.34. The van der Waals surface area contributed by atoms with Gasteiger partial charge in [-0.3, -0.25) is 9.48 Å². The lowest BCUT2D eigenvalue weighted by Crippen LogP contribution is -2.39. The van der Waals surface area contributed by atoms with Crippen LogP contribution in [0, 0.1) is 11.3 Å². The zero-order valence-corrected chi connectivity index (χ0v) is 18.6. The van der Waals surface area contributed by atoms with Crippen molar-refractivity contribution in [2.45, 2.75) is 48.7 Å². The van der Waals surface area contributed by atoms with E-state index in [9.17, 15) is 26.4 Å². The van der Waals surface area contributed by atoms with Crippen LogP contribution in [0.4, 0.5) is 24.7 Å². The van der Waals surface area contributed by atoms with E-state index < -0.39 is 26.1 Å². The Labute approximate surface area is 189 Å². The third-order valence-corrected chi connectivity index (χ3v) is 7.14. The average Bonchev–Trinajstić information content (AvgIpc) is 3.17. The van der Waals surface area contributed by atoms with Gasteiger partial charge in [0.15, 0.2) is 5.82 Å². The van der Waals surface area contributed by atoms with Crippen LogP contribution in [0.2, 0.25) is 0 Å². The molecule has 180 valence electrons. The monoisotopic (exact) mass is 486 g/mol. The molecule has 0 bridgehead atoms. The Hall–Kier alpha value is -2.93. The summed E-state index contributed by atoms with van der Waals surface area (Å²) in [6.45, 7) is 2.84. The number of amides is 1. The van der Waals surface area contributed by atoms with Crippen molar-refractivity contribution in [1.82, 2.24) is 15.1 Å². The number of anilines is 2. The molecule has 33 heavy (non-hydrogen) atoms. The Kier molecular flexibility index (Phi) is 7.12. The summed E-state index contributed by atoms with van der Waals surface area (Å²) in [5.41, 5.74) is 0.366. The minimum absolute atomic E-state index is 0.0690. The second-order valence-electron chi connectivity index (χ2n) is 7.80. The fourth-order valence-electron chi connectivity index (χ4n) is 3.99. The van der Waals surface area contributed by atoms with Crippen molar-refractivity contribution in [1.29, 1.82) is 5.41 Å². The highest BCUT2D eigenvalue weighted by Crippen LogP contribution is 2.35. The summed E-state index contributed by atoms with van der Waals surface area (Å²) < 4.78 is 62.8. The van der Waals surface area contributed by atoms with Gasteiger partial charge in [-0.1, -0.05) is 6.92 Å². The summed E-state index contributed by atoms with van der Waals surface area (Å²) in [6.07, 6.45) is 5.19. The molecule has 1 amide bonds. The van der Waals surface area contributed by atoms with Crippen LogP contribution in [0.1, 0.15) is 42.6 Å². The van der Waals surface area contributed by atoms with E-state index in [0.717, 1.165) is 50.1 Å². The van der Waals surface area contributed by atoms with Crippen molar-refractivity contribution >= 4 is 33.5 Å². The van der Waals surface area contributed by atoms with Crippen LogP contribution in [-0.4, -0.2) is 48.4 Å². The van der Waals surface area contributed by atoms with Gasteiger partial charge >= 0.3 is 5.51 Å². The highest BCUT2D eigenvalue weighted by molar-refractivity contribution is 7.92. The number of sulfone groups is 1. The SMILES string of the molecule is CCNC1CCC(n2cc(C(N)=O)c(Nc3ccc(S(=O)(=O)C(F)(F)F)cc3)n2)C(C=N)C1. The van der Waals surface area contributed by atoms with Gasteiger partial charge < -0.3 is 21.8 Å². The molecule has 2 aromatic rings. The van der Waals surface area contributed by atoms with E-state index in [0.29, 0.717) is 0 Å². The lowest BCUT2D eigenvalue weighted by molar-refractivity contribution is -0.0436. The Morgan fingerprint density at radius 3 is 2.52 bits per heavy atom. The Bertz CT molecular complexity index is 1120. The Morgan fingerprint density at radius 2 is 1.97 bits per heavy atom. The maximum Gasteiger partial charge on any atom is 0.501 e. The van der Waals surface area contributed by atoms with Crippen LogP contribution < -0.4 is 16.4 Å². The molecule has 0 radical (unpaired) electrons. The number of halogens is 3. The van der Waals surface area contributed by atoms with Crippen LogP contribution in [0.15, 0.2) is 35.4 Å². The summed E-state index contributed by atoms with van der Waals surface area (Å²) in [7, 11) is -5.46. The summed E-state index contributed by atoms with van der Waals surface area (Å²) in [6, 6.07) is 4.05. The molecule has 1 aromatic heterocycles. The summed E-state index contributed by atoms with van der Waals surface area (Å²) in [5.74, 6) is -0.776. The van der Waals surface area contributed by atoms with E-state index in [1.807, 2.05) is 6.92 Å². The van der Waals surface area contributed by atoms with Crippen LogP contribution >= 0.6 is 0 Å². The predicted octanol–water partition coefficient (Wildman–Crippen LogP) is 2.99. The first-order valence-electron chi connectivity index (χ1n) is 10.3. The van der Waals surface area contributed by atoms with Crippen LogP contribution in [0.3, 0.4) is 0 Å². The molecule has 5 N–H and O–H groups in total. The van der Waals surface area contributed by atoms with Crippen molar-refractivity contribution in [2.75, 3.05) is 11.9 Å². The zero-order valence-electron chi connectivity index (χ0n) is 17.8. The molecule has 3 atom stereocenters. The van der Waals surface area contributed by atoms with Gasteiger partial charge in [-0.2, -0.15) is 18.3 Å². The second kappa shape index (κ2) is 9.51. The fourth-order valence-corrected chi connectivity index (χ4v) is 4.75. The van der Waals surface area contributed by atoms with Crippen LogP contribution in [0.25, 0.3) is 0 Å². The van der Waals surface area contributed by atoms with Crippen molar-refractivity contribution in [2.24, 2.45) is 11.7 Å². The molecule has 3 unspecified atom stereocenters. The summed E-state index contributed by atoms with van der Waals surface area (Å²) in [5, 5.41) is 18.4. The third-order valence-electron chi connectivity index (χ3n) is 5.64. The number of carbonyl (C=O) groups excluding carboxylic acids is 1. The van der Waals surface area contributed by atoms with Gasteiger partial charge in [0, 0.05) is 30.1 Å². The van der Waals surface area contributed by atoms with Gasteiger partial charge in [-0.25, -0.2) is 8.42 Å². The van der Waals surface area contributed by atoms with Gasteiger partial charge in [0.25, 0.3) is 15.7 Å². The summed E-state index contributed by atoms with van der Waals surface area (Å²) in [4.78, 5) is 11.1. The number of nitrogens with two attached hydrogens (primary N) is 1. The van der Waals surface area contributed by atoms with E-state index in [4.69, 9.17) is 11.1 Å². The number of carbonyl (C=O) groups is 1. The average molecular weight is 487 g/mol. The second-order valence-corrected chi connectivity index (χ2v) is 9.74. The summed E-state index contributed by atoms with van der Waals surface area (Å²) >= 11 is 0. The van der Waals surface area contributed by atoms with E-state index in [-0.39, 0.29) is 35.1 Å². The molecule has 1 fully saturated rings. The highest BCUT2D eigenvalue weighted by Gasteiger charge is 2.46. The van der Waals surface area contributed by atoms with E-state index in [1.54, 1.807) is 4.68 Å². The number of nitrogens with one attached hydrogen (secondary N) is 3. The molecule has 1 heterocycles. The van der Waals surface area contributed by atoms with E-state index in [1.165, 1.54) is 12.4 Å². The zero-order chi connectivity index (χ0) is 24.4. The predicted molar refractivity (Wildman–Crippen MR) is 116 cm³/mol. The minimum atomic E-state index is -5.46. The first-order chi connectivity index (χ1) is 15.5. The molecule has 0 spiro atoms. The highest BCUT2D eigenvalue weighted by atomic mass is 32.2. The van der Waals surface area contributed by atoms with Crippen molar-refractivity contribution < 1.29 is 26.4 Å². The van der Waals surface area contributed by atoms with Crippen molar-refractivity contribution in [3.63, 3.8) is 0 Å². The molecule has 1 aromatic carbocycles. The van der Waals surface area contributed by atoms with Gasteiger partial charge in [0.1, 0.15) is 5.56 Å². The maximum absolute atomic E-state index is 12.7. The fraction of sp³-hybridized carbons (Fsp3) is 0.450. The molecule has 9 nitrogen and oxygen atoms in total. The van der Waals surface area contributed by atoms with E-state index in [2.05, 4.69) is 15.7 Å². The van der Waals surface area contributed by atoms with Gasteiger partial charge in [-0.15, -0.1) is 0 Å². The number of hydrogen-bond donors (Lipinski definition) is 4. The molecule has 0 saturated heterocycles. The largest absolute Gasteiger partial charge is 0.501 e. The topological polar surface area (TPSA) is 143 Å². The minimum Gasteiger partial charge on any atom is -0.365 e. The van der Waals surface area contributed by atoms with Gasteiger partial charge in [0.05, 0.1) is 10.9 Å².